The van der Waals surface area contributed by atoms with Crippen LogP contribution in [0.15, 0.2) is 24.3 Å². The minimum absolute atomic E-state index is 0.665. The Kier molecular flexibility index (Phi) is 3.31. The maximum atomic E-state index is 4.88. The highest BCUT2D eigenvalue weighted by Gasteiger charge is 2.07. The molecule has 0 amide bonds. The molecule has 1 aromatic carbocycles. The third-order valence-corrected chi connectivity index (χ3v) is 2.45. The summed E-state index contributed by atoms with van der Waals surface area (Å²) in [7, 11) is 1.57. The van der Waals surface area contributed by atoms with Crippen molar-refractivity contribution in [3.05, 3.63) is 30.0 Å². The van der Waals surface area contributed by atoms with Gasteiger partial charge in [-0.25, -0.2) is 5.48 Å². The van der Waals surface area contributed by atoms with Gasteiger partial charge in [-0.1, -0.05) is 37.6 Å². The smallest absolute Gasteiger partial charge is 0.180 e. The van der Waals surface area contributed by atoms with Crippen molar-refractivity contribution < 1.29 is 4.84 Å². The van der Waals surface area contributed by atoms with Gasteiger partial charge in [0.05, 0.1) is 12.8 Å². The number of fused-ring (bicyclic) bond motifs is 1. The fourth-order valence-corrected chi connectivity index (χ4v) is 1.75. The van der Waals surface area contributed by atoms with E-state index in [4.69, 9.17) is 4.84 Å². The van der Waals surface area contributed by atoms with Crippen LogP contribution < -0.4 is 5.48 Å². The van der Waals surface area contributed by atoms with Crippen LogP contribution >= 0.6 is 0 Å². The summed E-state index contributed by atoms with van der Waals surface area (Å²) in [6, 6.07) is 8.08. The molecule has 0 bridgehead atoms. The molecule has 1 N–H and O–H groups in total. The molecule has 0 spiro atoms. The number of hydrogen-bond acceptors (Lipinski definition) is 4. The first-order valence-corrected chi connectivity index (χ1v) is 5.40. The predicted octanol–water partition coefficient (Wildman–Crippen LogP) is 2.56. The molecule has 4 nitrogen and oxygen atoms in total. The molecular weight excluding hydrogens is 202 g/mol. The Morgan fingerprint density at radius 1 is 1.19 bits per heavy atom. The number of aryl methyl sites for hydroxylation is 1. The Balaban J connectivity index is 2.57. The number of nitrogens with one attached hydrogen (secondary N) is 1. The highest BCUT2D eigenvalue weighted by atomic mass is 16.6. The molecule has 1 aromatic heterocycles. The topological polar surface area (TPSA) is 47.0 Å². The third kappa shape index (κ3) is 1.97. The average molecular weight is 217 g/mol. The van der Waals surface area contributed by atoms with Crippen LogP contribution in [0.3, 0.4) is 0 Å². The monoisotopic (exact) mass is 217 g/mol. The van der Waals surface area contributed by atoms with Gasteiger partial charge in [-0.3, -0.25) is 4.84 Å². The zero-order valence-electron chi connectivity index (χ0n) is 9.53. The number of hydrogen-bond donors (Lipinski definition) is 1. The molecule has 0 aliphatic heterocycles. The maximum absolute atomic E-state index is 4.88. The molecule has 0 radical (unpaired) electrons. The standard InChI is InChI=1S/C12H15N3O/c1-3-6-11-9-7-4-5-8-10(9)12(14-13-11)15-16-2/h4-5,7-8H,3,6H2,1-2H3,(H,14,15). The van der Waals surface area contributed by atoms with Crippen molar-refractivity contribution in [1.29, 1.82) is 0 Å². The van der Waals surface area contributed by atoms with Crippen LogP contribution in [0.25, 0.3) is 10.8 Å². The second-order valence-corrected chi connectivity index (χ2v) is 3.60. The Bertz CT molecular complexity index is 440. The van der Waals surface area contributed by atoms with E-state index in [1.165, 1.54) is 0 Å². The maximum Gasteiger partial charge on any atom is 0.180 e. The number of nitrogens with zero attached hydrogens (tertiary/aromatic N) is 2. The molecule has 1 heterocycles. The van der Waals surface area contributed by atoms with E-state index in [9.17, 15) is 0 Å². The number of anilines is 1. The molecule has 0 saturated carbocycles. The summed E-state index contributed by atoms with van der Waals surface area (Å²) in [5.74, 6) is 0.665. The van der Waals surface area contributed by atoms with Crippen molar-refractivity contribution in [1.82, 2.24) is 10.2 Å². The summed E-state index contributed by atoms with van der Waals surface area (Å²) in [6.07, 6.45) is 2.01. The molecule has 0 aliphatic rings. The van der Waals surface area contributed by atoms with Gasteiger partial charge in [-0.05, 0) is 6.42 Å². The lowest BCUT2D eigenvalue weighted by atomic mass is 10.1. The van der Waals surface area contributed by atoms with Crippen molar-refractivity contribution >= 4 is 16.6 Å². The molecule has 0 fully saturated rings. The lowest BCUT2D eigenvalue weighted by Crippen LogP contribution is -2.03. The first-order chi connectivity index (χ1) is 7.86. The number of rotatable bonds is 4. The molecule has 84 valence electrons. The third-order valence-electron chi connectivity index (χ3n) is 2.45. The van der Waals surface area contributed by atoms with Crippen LogP contribution in [0.2, 0.25) is 0 Å². The Labute approximate surface area is 94.6 Å². The van der Waals surface area contributed by atoms with Crippen LogP contribution in [0.4, 0.5) is 5.82 Å². The zero-order valence-corrected chi connectivity index (χ0v) is 9.53. The quantitative estimate of drug-likeness (QED) is 0.799. The summed E-state index contributed by atoms with van der Waals surface area (Å²) in [5.41, 5.74) is 3.79. The molecule has 2 rings (SSSR count). The van der Waals surface area contributed by atoms with Crippen LogP contribution in [0.5, 0.6) is 0 Å². The van der Waals surface area contributed by atoms with Crippen molar-refractivity contribution in [3.8, 4) is 0 Å². The van der Waals surface area contributed by atoms with Gasteiger partial charge in [0.25, 0.3) is 0 Å². The van der Waals surface area contributed by atoms with Crippen LogP contribution in [-0.4, -0.2) is 17.3 Å². The van der Waals surface area contributed by atoms with Gasteiger partial charge in [0.1, 0.15) is 0 Å². The fourth-order valence-electron chi connectivity index (χ4n) is 1.75. The highest BCUT2D eigenvalue weighted by Crippen LogP contribution is 2.23. The second-order valence-electron chi connectivity index (χ2n) is 3.60. The van der Waals surface area contributed by atoms with Gasteiger partial charge < -0.3 is 0 Å². The Morgan fingerprint density at radius 2 is 1.94 bits per heavy atom. The molecule has 0 saturated heterocycles. The number of benzene rings is 1. The summed E-state index contributed by atoms with van der Waals surface area (Å²) >= 11 is 0. The van der Waals surface area contributed by atoms with Crippen LogP contribution in [-0.2, 0) is 11.3 Å². The van der Waals surface area contributed by atoms with Crippen LogP contribution in [0.1, 0.15) is 19.0 Å². The predicted molar refractivity (Wildman–Crippen MR) is 64.2 cm³/mol. The SMILES string of the molecule is CCCc1nnc(NOC)c2ccccc12. The van der Waals surface area contributed by atoms with Gasteiger partial charge in [-0.2, -0.15) is 5.10 Å². The minimum atomic E-state index is 0.665. The van der Waals surface area contributed by atoms with Crippen LogP contribution in [0, 0.1) is 0 Å². The molecule has 0 unspecified atom stereocenters. The molecule has 2 aromatic rings. The fraction of sp³-hybridized carbons (Fsp3) is 0.333. The van der Waals surface area contributed by atoms with Gasteiger partial charge in [0.15, 0.2) is 5.82 Å². The van der Waals surface area contributed by atoms with E-state index in [0.717, 1.165) is 29.3 Å². The van der Waals surface area contributed by atoms with E-state index in [-0.39, 0.29) is 0 Å². The van der Waals surface area contributed by atoms with Crippen molar-refractivity contribution in [2.45, 2.75) is 19.8 Å². The van der Waals surface area contributed by atoms with E-state index in [1.807, 2.05) is 18.2 Å². The summed E-state index contributed by atoms with van der Waals surface area (Å²) in [6.45, 7) is 2.14. The molecule has 0 atom stereocenters. The molecule has 0 aliphatic carbocycles. The van der Waals surface area contributed by atoms with E-state index >= 15 is 0 Å². The molecular formula is C12H15N3O. The van der Waals surface area contributed by atoms with E-state index < -0.39 is 0 Å². The lowest BCUT2D eigenvalue weighted by molar-refractivity contribution is 0.269. The Hall–Kier alpha value is -1.68. The van der Waals surface area contributed by atoms with Gasteiger partial charge in [0, 0.05) is 10.8 Å². The zero-order chi connectivity index (χ0) is 11.4. The van der Waals surface area contributed by atoms with Crippen molar-refractivity contribution in [2.24, 2.45) is 0 Å². The average Bonchev–Trinajstić information content (AvgIpc) is 2.33. The van der Waals surface area contributed by atoms with Crippen molar-refractivity contribution in [2.75, 3.05) is 12.6 Å². The minimum Gasteiger partial charge on any atom is -0.278 e. The van der Waals surface area contributed by atoms with Crippen molar-refractivity contribution in [3.63, 3.8) is 0 Å². The van der Waals surface area contributed by atoms with Gasteiger partial charge in [-0.15, -0.1) is 5.10 Å². The van der Waals surface area contributed by atoms with Gasteiger partial charge in [0.2, 0.25) is 0 Å². The van der Waals surface area contributed by atoms with E-state index in [2.05, 4.69) is 28.7 Å². The van der Waals surface area contributed by atoms with E-state index in [1.54, 1.807) is 7.11 Å². The lowest BCUT2D eigenvalue weighted by Gasteiger charge is -2.08. The summed E-state index contributed by atoms with van der Waals surface area (Å²) in [5, 5.41) is 10.5. The van der Waals surface area contributed by atoms with Gasteiger partial charge >= 0.3 is 0 Å². The molecule has 4 heteroatoms. The first-order valence-electron chi connectivity index (χ1n) is 5.40. The summed E-state index contributed by atoms with van der Waals surface area (Å²) < 4.78 is 0. The highest BCUT2D eigenvalue weighted by molar-refractivity contribution is 5.92. The first kappa shape index (κ1) is 10.8. The normalized spacial score (nSPS) is 10.6. The summed E-state index contributed by atoms with van der Waals surface area (Å²) in [4.78, 5) is 4.88. The Morgan fingerprint density at radius 3 is 2.62 bits per heavy atom. The molecule has 16 heavy (non-hydrogen) atoms. The number of aromatic nitrogens is 2. The van der Waals surface area contributed by atoms with E-state index in [0.29, 0.717) is 5.82 Å². The second kappa shape index (κ2) is 4.90. The largest absolute Gasteiger partial charge is 0.278 e.